The fourth-order valence-corrected chi connectivity index (χ4v) is 4.74. The highest BCUT2D eigenvalue weighted by atomic mass is 16.5. The Kier molecular flexibility index (Phi) is 6.05. The van der Waals surface area contributed by atoms with Crippen LogP contribution in [-0.4, -0.2) is 47.1 Å². The molecule has 0 aliphatic carbocycles. The number of urea groups is 1. The Labute approximate surface area is 208 Å². The van der Waals surface area contributed by atoms with Gasteiger partial charge in [0, 0.05) is 6.42 Å². The molecular weight excluding hydrogens is 460 g/mol. The number of imide groups is 1. The lowest BCUT2D eigenvalue weighted by molar-refractivity contribution is -0.140. The van der Waals surface area contributed by atoms with Gasteiger partial charge in [0.05, 0.1) is 19.1 Å². The van der Waals surface area contributed by atoms with Gasteiger partial charge in [0.25, 0.3) is 11.8 Å². The van der Waals surface area contributed by atoms with E-state index >= 15 is 0 Å². The van der Waals surface area contributed by atoms with Crippen LogP contribution in [0.25, 0.3) is 0 Å². The highest BCUT2D eigenvalue weighted by molar-refractivity contribution is 6.10. The van der Waals surface area contributed by atoms with E-state index in [9.17, 15) is 14.4 Å². The van der Waals surface area contributed by atoms with E-state index in [0.29, 0.717) is 35.6 Å². The van der Waals surface area contributed by atoms with Crippen LogP contribution in [0.5, 0.6) is 5.75 Å². The molecule has 2 aliphatic rings. The van der Waals surface area contributed by atoms with E-state index in [-0.39, 0.29) is 0 Å². The lowest BCUT2D eigenvalue weighted by atomic mass is 9.87. The van der Waals surface area contributed by atoms with Gasteiger partial charge >= 0.3 is 6.03 Å². The molecule has 1 N–H and O–H groups in total. The Morgan fingerprint density at radius 1 is 1.11 bits per heavy atom. The molecule has 5 rings (SSSR count). The van der Waals surface area contributed by atoms with Crippen LogP contribution in [0.15, 0.2) is 82.5 Å². The Balaban J connectivity index is 1.42. The first kappa shape index (κ1) is 23.3. The van der Waals surface area contributed by atoms with Crippen molar-refractivity contribution in [1.29, 1.82) is 0 Å². The summed E-state index contributed by atoms with van der Waals surface area (Å²) in [5.74, 6) is 0.343. The van der Waals surface area contributed by atoms with Crippen molar-refractivity contribution in [1.82, 2.24) is 15.2 Å². The SMILES string of the molecule is CC[C@]1(c2ccccc2)NC(=O)N(CC(=O)N2N=C(c3ccc(OC)cc3)C[C@@H]2c2ccco2)C1=O. The average Bonchev–Trinajstić information content (AvgIpc) is 3.65. The number of amides is 4. The first-order valence-corrected chi connectivity index (χ1v) is 11.7. The second-order valence-electron chi connectivity index (χ2n) is 8.70. The van der Waals surface area contributed by atoms with Crippen LogP contribution in [0, 0.1) is 0 Å². The molecule has 1 saturated heterocycles. The number of nitrogens with zero attached hydrogens (tertiary/aromatic N) is 3. The molecule has 0 saturated carbocycles. The van der Waals surface area contributed by atoms with Gasteiger partial charge in [-0.05, 0) is 53.9 Å². The van der Waals surface area contributed by atoms with Gasteiger partial charge in [-0.15, -0.1) is 0 Å². The van der Waals surface area contributed by atoms with Gasteiger partial charge in [-0.3, -0.25) is 14.5 Å². The molecule has 3 aromatic rings. The number of hydrogen-bond donors (Lipinski definition) is 1. The summed E-state index contributed by atoms with van der Waals surface area (Å²) in [6.45, 7) is 1.39. The molecule has 2 aromatic carbocycles. The summed E-state index contributed by atoms with van der Waals surface area (Å²) in [5, 5.41) is 8.71. The van der Waals surface area contributed by atoms with Crippen LogP contribution >= 0.6 is 0 Å². The van der Waals surface area contributed by atoms with Gasteiger partial charge in [0.1, 0.15) is 29.6 Å². The van der Waals surface area contributed by atoms with Crippen molar-refractivity contribution in [3.63, 3.8) is 0 Å². The Morgan fingerprint density at radius 2 is 1.86 bits per heavy atom. The van der Waals surface area contributed by atoms with Gasteiger partial charge in [0.15, 0.2) is 0 Å². The lowest BCUT2D eigenvalue weighted by Crippen LogP contribution is -2.45. The number of hydrazone groups is 1. The van der Waals surface area contributed by atoms with Crippen molar-refractivity contribution in [3.05, 3.63) is 89.9 Å². The summed E-state index contributed by atoms with van der Waals surface area (Å²) in [5.41, 5.74) is 1.00. The Morgan fingerprint density at radius 3 is 2.50 bits per heavy atom. The summed E-state index contributed by atoms with van der Waals surface area (Å²) in [4.78, 5) is 40.8. The van der Waals surface area contributed by atoms with Crippen LogP contribution in [-0.2, 0) is 15.1 Å². The molecule has 1 aromatic heterocycles. The highest BCUT2D eigenvalue weighted by Gasteiger charge is 2.52. The van der Waals surface area contributed by atoms with Gasteiger partial charge in [-0.2, -0.15) is 5.10 Å². The summed E-state index contributed by atoms with van der Waals surface area (Å²) in [7, 11) is 1.59. The van der Waals surface area contributed by atoms with E-state index in [1.807, 2.05) is 49.4 Å². The quantitative estimate of drug-likeness (QED) is 0.511. The summed E-state index contributed by atoms with van der Waals surface area (Å²) in [6, 6.07) is 18.9. The zero-order valence-corrected chi connectivity index (χ0v) is 20.0. The van der Waals surface area contributed by atoms with E-state index in [2.05, 4.69) is 10.4 Å². The molecule has 9 heteroatoms. The number of hydrogen-bond acceptors (Lipinski definition) is 6. The summed E-state index contributed by atoms with van der Waals surface area (Å²) in [6.07, 6.45) is 2.32. The molecule has 4 amide bonds. The molecule has 2 atom stereocenters. The first-order valence-electron chi connectivity index (χ1n) is 11.7. The van der Waals surface area contributed by atoms with Crippen molar-refractivity contribution in [3.8, 4) is 5.75 Å². The van der Waals surface area contributed by atoms with Crippen molar-refractivity contribution in [2.75, 3.05) is 13.7 Å². The van der Waals surface area contributed by atoms with Crippen LogP contribution in [0.4, 0.5) is 4.79 Å². The third-order valence-corrected chi connectivity index (χ3v) is 6.73. The Bertz CT molecular complexity index is 1300. The maximum Gasteiger partial charge on any atom is 0.325 e. The first-order chi connectivity index (χ1) is 17.5. The van der Waals surface area contributed by atoms with E-state index in [1.165, 1.54) is 11.3 Å². The molecule has 0 bridgehead atoms. The maximum absolute atomic E-state index is 13.5. The number of methoxy groups -OCH3 is 1. The number of ether oxygens (including phenoxy) is 1. The molecule has 0 radical (unpaired) electrons. The summed E-state index contributed by atoms with van der Waals surface area (Å²) < 4.78 is 10.8. The normalized spacial score (nSPS) is 21.5. The monoisotopic (exact) mass is 486 g/mol. The second kappa shape index (κ2) is 9.33. The molecule has 36 heavy (non-hydrogen) atoms. The zero-order valence-electron chi connectivity index (χ0n) is 20.0. The third-order valence-electron chi connectivity index (χ3n) is 6.73. The predicted molar refractivity (Wildman–Crippen MR) is 131 cm³/mol. The number of carbonyl (C=O) groups is 3. The van der Waals surface area contributed by atoms with E-state index in [1.54, 1.807) is 31.4 Å². The summed E-state index contributed by atoms with van der Waals surface area (Å²) >= 11 is 0. The minimum Gasteiger partial charge on any atom is -0.497 e. The van der Waals surface area contributed by atoms with Gasteiger partial charge in [-0.25, -0.2) is 9.80 Å². The van der Waals surface area contributed by atoms with Crippen LogP contribution < -0.4 is 10.1 Å². The fourth-order valence-electron chi connectivity index (χ4n) is 4.74. The third kappa shape index (κ3) is 3.92. The molecule has 184 valence electrons. The van der Waals surface area contributed by atoms with Crippen LogP contribution in [0.2, 0.25) is 0 Å². The molecule has 9 nitrogen and oxygen atoms in total. The molecule has 0 unspecified atom stereocenters. The second-order valence-corrected chi connectivity index (χ2v) is 8.70. The van der Waals surface area contributed by atoms with Gasteiger partial charge < -0.3 is 14.5 Å². The Hall–Kier alpha value is -4.40. The number of nitrogens with one attached hydrogen (secondary N) is 1. The van der Waals surface area contributed by atoms with Crippen molar-refractivity contribution >= 4 is 23.6 Å². The van der Waals surface area contributed by atoms with Gasteiger partial charge in [-0.1, -0.05) is 37.3 Å². The minimum absolute atomic E-state index is 0.352. The fraction of sp³-hybridized carbons (Fsp3) is 0.259. The minimum atomic E-state index is -1.21. The molecular formula is C27H26N4O5. The maximum atomic E-state index is 13.5. The molecule has 2 aliphatic heterocycles. The average molecular weight is 487 g/mol. The van der Waals surface area contributed by atoms with Crippen LogP contribution in [0.1, 0.15) is 42.7 Å². The highest BCUT2D eigenvalue weighted by Crippen LogP contribution is 2.35. The number of rotatable bonds is 7. The van der Waals surface area contributed by atoms with Crippen molar-refractivity contribution in [2.24, 2.45) is 5.10 Å². The predicted octanol–water partition coefficient (Wildman–Crippen LogP) is 3.82. The van der Waals surface area contributed by atoms with Crippen molar-refractivity contribution < 1.29 is 23.5 Å². The zero-order chi connectivity index (χ0) is 25.3. The smallest absolute Gasteiger partial charge is 0.325 e. The van der Waals surface area contributed by atoms with E-state index in [0.717, 1.165) is 10.5 Å². The standard InChI is InChI=1S/C27H26N4O5/c1-3-27(19-8-5-4-6-9-19)25(33)30(26(34)28-27)17-24(32)31-22(23-10-7-15-36-23)16-21(29-31)18-11-13-20(35-2)14-12-18/h4-15,22H,3,16-17H2,1-2H3,(H,28,34)/t22-,27-/m1/s1. The lowest BCUT2D eigenvalue weighted by Gasteiger charge is -2.26. The molecule has 1 fully saturated rings. The van der Waals surface area contributed by atoms with Crippen molar-refractivity contribution in [2.45, 2.75) is 31.3 Å². The van der Waals surface area contributed by atoms with E-state index in [4.69, 9.17) is 9.15 Å². The molecule has 0 spiro atoms. The molecule has 3 heterocycles. The number of furan rings is 1. The largest absolute Gasteiger partial charge is 0.497 e. The number of benzene rings is 2. The van der Waals surface area contributed by atoms with Crippen LogP contribution in [0.3, 0.4) is 0 Å². The van der Waals surface area contributed by atoms with E-state index < -0.39 is 36.0 Å². The van der Waals surface area contributed by atoms with Gasteiger partial charge in [0.2, 0.25) is 0 Å². The number of carbonyl (C=O) groups excluding carboxylic acids is 3. The topological polar surface area (TPSA) is 104 Å².